The first-order valence-corrected chi connectivity index (χ1v) is 8.29. The van der Waals surface area contributed by atoms with Gasteiger partial charge in [0.25, 0.3) is 0 Å². The molecule has 0 N–H and O–H groups in total. The van der Waals surface area contributed by atoms with E-state index in [9.17, 15) is 0 Å². The largest absolute Gasteiger partial charge is 0.489 e. The molecule has 0 aliphatic heterocycles. The van der Waals surface area contributed by atoms with Gasteiger partial charge in [0, 0.05) is 10.0 Å². The van der Waals surface area contributed by atoms with Crippen molar-refractivity contribution in [2.24, 2.45) is 0 Å². The Labute approximate surface area is 151 Å². The number of rotatable bonds is 6. The van der Waals surface area contributed by atoms with E-state index in [1.165, 1.54) is 0 Å². The maximum Gasteiger partial charge on any atom is 0.121 e. The number of ether oxygens (including phenoxy) is 2. The van der Waals surface area contributed by atoms with Crippen LogP contribution >= 0.6 is 23.2 Å². The third kappa shape index (κ3) is 4.92. The molecule has 122 valence electrons. The minimum atomic E-state index is 0.478. The molecule has 24 heavy (non-hydrogen) atoms. The summed E-state index contributed by atoms with van der Waals surface area (Å²) in [6, 6.07) is 22.9. The Morgan fingerprint density at radius 2 is 1.04 bits per heavy atom. The van der Waals surface area contributed by atoms with E-state index >= 15 is 0 Å². The van der Waals surface area contributed by atoms with Crippen LogP contribution in [0.1, 0.15) is 11.1 Å². The van der Waals surface area contributed by atoms with Gasteiger partial charge in [-0.05, 0) is 53.6 Å². The first-order valence-electron chi connectivity index (χ1n) is 7.53. The van der Waals surface area contributed by atoms with E-state index in [-0.39, 0.29) is 0 Å². The van der Waals surface area contributed by atoms with Crippen molar-refractivity contribution >= 4 is 23.2 Å². The van der Waals surface area contributed by atoms with Crippen LogP contribution in [0.5, 0.6) is 11.5 Å². The highest BCUT2D eigenvalue weighted by atomic mass is 35.5. The third-order valence-corrected chi connectivity index (χ3v) is 3.86. The number of benzene rings is 3. The van der Waals surface area contributed by atoms with Crippen molar-refractivity contribution in [3.63, 3.8) is 0 Å². The quantitative estimate of drug-likeness (QED) is 0.525. The minimum Gasteiger partial charge on any atom is -0.489 e. The molecule has 0 radical (unpaired) electrons. The fraction of sp³-hybridized carbons (Fsp3) is 0.100. The second-order valence-corrected chi connectivity index (χ2v) is 6.18. The van der Waals surface area contributed by atoms with Crippen molar-refractivity contribution in [1.29, 1.82) is 0 Å². The highest BCUT2D eigenvalue weighted by Gasteiger charge is 2.01. The van der Waals surface area contributed by atoms with E-state index in [4.69, 9.17) is 32.7 Å². The summed E-state index contributed by atoms with van der Waals surface area (Å²) in [5.41, 5.74) is 2.14. The van der Waals surface area contributed by atoms with Gasteiger partial charge in [-0.3, -0.25) is 0 Å². The number of halogens is 2. The molecule has 0 aromatic heterocycles. The van der Waals surface area contributed by atoms with Gasteiger partial charge >= 0.3 is 0 Å². The SMILES string of the molecule is Clc1cccc(OCc2cccc(COc3cccc(Cl)c3)c2)c1. The van der Waals surface area contributed by atoms with Gasteiger partial charge in [-0.1, -0.05) is 53.5 Å². The lowest BCUT2D eigenvalue weighted by Crippen LogP contribution is -1.99. The molecular weight excluding hydrogens is 343 g/mol. The molecule has 0 aliphatic rings. The monoisotopic (exact) mass is 358 g/mol. The van der Waals surface area contributed by atoms with Crippen LogP contribution in [-0.4, -0.2) is 0 Å². The predicted molar refractivity (Wildman–Crippen MR) is 98.0 cm³/mol. The fourth-order valence-corrected chi connectivity index (χ4v) is 2.62. The van der Waals surface area contributed by atoms with Gasteiger partial charge in [0.1, 0.15) is 24.7 Å². The van der Waals surface area contributed by atoms with E-state index in [1.54, 1.807) is 12.1 Å². The van der Waals surface area contributed by atoms with Crippen LogP contribution in [-0.2, 0) is 13.2 Å². The minimum absolute atomic E-state index is 0.478. The molecule has 0 unspecified atom stereocenters. The highest BCUT2D eigenvalue weighted by Crippen LogP contribution is 2.20. The van der Waals surface area contributed by atoms with Crippen molar-refractivity contribution in [2.75, 3.05) is 0 Å². The van der Waals surface area contributed by atoms with Gasteiger partial charge in [0.05, 0.1) is 0 Å². The average Bonchev–Trinajstić information content (AvgIpc) is 2.59. The second kappa shape index (κ2) is 8.09. The summed E-state index contributed by atoms with van der Waals surface area (Å²) in [5.74, 6) is 1.51. The molecule has 0 saturated heterocycles. The first kappa shape index (κ1) is 16.7. The zero-order valence-electron chi connectivity index (χ0n) is 12.9. The molecule has 0 amide bonds. The first-order chi connectivity index (χ1) is 11.7. The fourth-order valence-electron chi connectivity index (χ4n) is 2.26. The third-order valence-electron chi connectivity index (χ3n) is 3.39. The van der Waals surface area contributed by atoms with E-state index in [0.29, 0.717) is 23.3 Å². The lowest BCUT2D eigenvalue weighted by Gasteiger charge is -2.10. The van der Waals surface area contributed by atoms with Gasteiger partial charge < -0.3 is 9.47 Å². The summed E-state index contributed by atoms with van der Waals surface area (Å²) in [7, 11) is 0. The van der Waals surface area contributed by atoms with Crippen LogP contribution in [0.15, 0.2) is 72.8 Å². The van der Waals surface area contributed by atoms with E-state index in [2.05, 4.69) is 6.07 Å². The molecular formula is C20H16Cl2O2. The normalized spacial score (nSPS) is 10.4. The topological polar surface area (TPSA) is 18.5 Å². The molecule has 4 heteroatoms. The lowest BCUT2D eigenvalue weighted by atomic mass is 10.1. The standard InChI is InChI=1S/C20H16Cl2O2/c21-17-6-2-8-19(11-17)23-13-15-4-1-5-16(10-15)14-24-20-9-3-7-18(22)12-20/h1-12H,13-14H2. The molecule has 0 heterocycles. The Kier molecular flexibility index (Phi) is 5.63. The van der Waals surface area contributed by atoms with Crippen LogP contribution in [0.25, 0.3) is 0 Å². The molecule has 2 nitrogen and oxygen atoms in total. The summed E-state index contributed by atoms with van der Waals surface area (Å²) >= 11 is 11.9. The summed E-state index contributed by atoms with van der Waals surface area (Å²) in [5, 5.41) is 1.33. The van der Waals surface area contributed by atoms with Crippen LogP contribution in [0.2, 0.25) is 10.0 Å². The van der Waals surface area contributed by atoms with Gasteiger partial charge in [-0.15, -0.1) is 0 Å². The van der Waals surface area contributed by atoms with Crippen molar-refractivity contribution < 1.29 is 9.47 Å². The predicted octanol–water partition coefficient (Wildman–Crippen LogP) is 6.15. The second-order valence-electron chi connectivity index (χ2n) is 5.31. The smallest absolute Gasteiger partial charge is 0.121 e. The Balaban J connectivity index is 1.59. The van der Waals surface area contributed by atoms with Crippen molar-refractivity contribution in [1.82, 2.24) is 0 Å². The zero-order valence-corrected chi connectivity index (χ0v) is 14.4. The lowest BCUT2D eigenvalue weighted by molar-refractivity contribution is 0.300. The number of hydrogen-bond acceptors (Lipinski definition) is 2. The highest BCUT2D eigenvalue weighted by molar-refractivity contribution is 6.31. The van der Waals surface area contributed by atoms with Crippen molar-refractivity contribution in [3.8, 4) is 11.5 Å². The van der Waals surface area contributed by atoms with Crippen molar-refractivity contribution in [2.45, 2.75) is 13.2 Å². The van der Waals surface area contributed by atoms with Gasteiger partial charge in [-0.25, -0.2) is 0 Å². The molecule has 0 bridgehead atoms. The molecule has 3 aromatic rings. The summed E-state index contributed by atoms with van der Waals surface area (Å²) in [6.45, 7) is 0.955. The van der Waals surface area contributed by atoms with E-state index in [0.717, 1.165) is 22.6 Å². The summed E-state index contributed by atoms with van der Waals surface area (Å²) in [6.07, 6.45) is 0. The molecule has 0 spiro atoms. The molecule has 0 aliphatic carbocycles. The maximum absolute atomic E-state index is 5.96. The zero-order chi connectivity index (χ0) is 16.8. The van der Waals surface area contributed by atoms with Gasteiger partial charge in [0.2, 0.25) is 0 Å². The summed E-state index contributed by atoms with van der Waals surface area (Å²) < 4.78 is 11.5. The molecule has 0 fully saturated rings. The van der Waals surface area contributed by atoms with Gasteiger partial charge in [-0.2, -0.15) is 0 Å². The molecule has 0 saturated carbocycles. The molecule has 3 aromatic carbocycles. The summed E-state index contributed by atoms with van der Waals surface area (Å²) in [4.78, 5) is 0. The Bertz CT molecular complexity index is 753. The molecule has 0 atom stereocenters. The van der Waals surface area contributed by atoms with Crippen LogP contribution in [0, 0.1) is 0 Å². The average molecular weight is 359 g/mol. The van der Waals surface area contributed by atoms with E-state index in [1.807, 2.05) is 54.6 Å². The van der Waals surface area contributed by atoms with Crippen molar-refractivity contribution in [3.05, 3.63) is 94.0 Å². The molecule has 3 rings (SSSR count). The van der Waals surface area contributed by atoms with Crippen LogP contribution in [0.4, 0.5) is 0 Å². The van der Waals surface area contributed by atoms with Gasteiger partial charge in [0.15, 0.2) is 0 Å². The Morgan fingerprint density at radius 3 is 1.50 bits per heavy atom. The van der Waals surface area contributed by atoms with Crippen LogP contribution in [0.3, 0.4) is 0 Å². The van der Waals surface area contributed by atoms with E-state index < -0.39 is 0 Å². The Morgan fingerprint density at radius 1 is 0.583 bits per heavy atom. The van der Waals surface area contributed by atoms with Crippen LogP contribution < -0.4 is 9.47 Å². The Hall–Kier alpha value is -2.16. The number of hydrogen-bond donors (Lipinski definition) is 0. The maximum atomic E-state index is 5.96.